The average molecular weight is 355 g/mol. The lowest BCUT2D eigenvalue weighted by molar-refractivity contribution is -0.144. The van der Waals surface area contributed by atoms with Gasteiger partial charge in [-0.2, -0.15) is 0 Å². The Balaban J connectivity index is 1.34. The topological polar surface area (TPSA) is 60.9 Å². The van der Waals surface area contributed by atoms with Crippen molar-refractivity contribution in [2.45, 2.75) is 32.2 Å². The second-order valence-corrected chi connectivity index (χ2v) is 7.81. The molecule has 1 atom stereocenters. The predicted octanol–water partition coefficient (Wildman–Crippen LogP) is 1.50. The Kier molecular flexibility index (Phi) is 4.21. The number of amides is 3. The first-order valence-electron chi connectivity index (χ1n) is 9.41. The molecule has 1 aromatic rings. The fourth-order valence-electron chi connectivity index (χ4n) is 4.62. The summed E-state index contributed by atoms with van der Waals surface area (Å²) in [7, 11) is 1.85. The summed E-state index contributed by atoms with van der Waals surface area (Å²) in [5.41, 5.74) is 1.40. The molecule has 3 amide bonds. The van der Waals surface area contributed by atoms with E-state index in [1.807, 2.05) is 36.2 Å². The molecule has 0 saturated carbocycles. The van der Waals surface area contributed by atoms with E-state index in [1.54, 1.807) is 9.80 Å². The molecule has 138 valence electrons. The SMILES string of the molecule is CN1CCCC2(CCN(C(=O)CCN3Cc4ccccc4C3=O)C2)C1=O. The standard InChI is InChI=1S/C20H25N3O3/c1-21-10-4-8-20(19(21)26)9-12-23(14-20)17(24)7-11-22-13-15-5-2-3-6-16(15)18(22)25/h2-3,5-6H,4,7-14H2,1H3. The van der Waals surface area contributed by atoms with Crippen molar-refractivity contribution in [1.29, 1.82) is 0 Å². The molecule has 0 aliphatic carbocycles. The van der Waals surface area contributed by atoms with E-state index in [1.165, 1.54) is 0 Å². The Morgan fingerprint density at radius 1 is 1.15 bits per heavy atom. The second-order valence-electron chi connectivity index (χ2n) is 7.81. The van der Waals surface area contributed by atoms with Crippen LogP contribution in [0.2, 0.25) is 0 Å². The highest BCUT2D eigenvalue weighted by Crippen LogP contribution is 2.39. The third-order valence-corrected chi connectivity index (χ3v) is 6.15. The Bertz CT molecular complexity index is 762. The molecule has 3 aliphatic rings. The van der Waals surface area contributed by atoms with E-state index in [-0.39, 0.29) is 23.1 Å². The molecule has 0 N–H and O–H groups in total. The van der Waals surface area contributed by atoms with Crippen molar-refractivity contribution in [3.63, 3.8) is 0 Å². The van der Waals surface area contributed by atoms with Crippen LogP contribution in [0.15, 0.2) is 24.3 Å². The zero-order valence-corrected chi connectivity index (χ0v) is 15.2. The van der Waals surface area contributed by atoms with Crippen molar-refractivity contribution in [1.82, 2.24) is 14.7 Å². The highest BCUT2D eigenvalue weighted by Gasteiger charge is 2.48. The van der Waals surface area contributed by atoms with Gasteiger partial charge in [0.25, 0.3) is 5.91 Å². The fraction of sp³-hybridized carbons (Fsp3) is 0.550. The van der Waals surface area contributed by atoms with Crippen molar-refractivity contribution < 1.29 is 14.4 Å². The molecule has 0 bridgehead atoms. The second kappa shape index (κ2) is 6.41. The smallest absolute Gasteiger partial charge is 0.254 e. The first-order valence-corrected chi connectivity index (χ1v) is 9.41. The maximum atomic E-state index is 12.7. The number of hydrogen-bond donors (Lipinski definition) is 0. The Labute approximate surface area is 153 Å². The van der Waals surface area contributed by atoms with E-state index in [9.17, 15) is 14.4 Å². The number of hydrogen-bond acceptors (Lipinski definition) is 3. The number of nitrogens with zero attached hydrogens (tertiary/aromatic N) is 3. The van der Waals surface area contributed by atoms with Gasteiger partial charge >= 0.3 is 0 Å². The van der Waals surface area contributed by atoms with E-state index >= 15 is 0 Å². The molecule has 0 radical (unpaired) electrons. The molecule has 2 fully saturated rings. The first kappa shape index (κ1) is 17.1. The number of carbonyl (C=O) groups is 3. The largest absolute Gasteiger partial charge is 0.345 e. The first-order chi connectivity index (χ1) is 12.5. The quantitative estimate of drug-likeness (QED) is 0.826. The van der Waals surface area contributed by atoms with Crippen LogP contribution in [0.3, 0.4) is 0 Å². The summed E-state index contributed by atoms with van der Waals surface area (Å²) in [6, 6.07) is 7.61. The zero-order valence-electron chi connectivity index (χ0n) is 15.2. The third-order valence-electron chi connectivity index (χ3n) is 6.15. The van der Waals surface area contributed by atoms with Crippen LogP contribution in [0.25, 0.3) is 0 Å². The molecule has 0 aromatic heterocycles. The number of rotatable bonds is 3. The van der Waals surface area contributed by atoms with Gasteiger partial charge in [-0.3, -0.25) is 14.4 Å². The van der Waals surface area contributed by atoms with Crippen LogP contribution in [0.1, 0.15) is 41.6 Å². The van der Waals surface area contributed by atoms with Gasteiger partial charge in [-0.25, -0.2) is 0 Å². The van der Waals surface area contributed by atoms with Crippen molar-refractivity contribution in [2.75, 3.05) is 33.2 Å². The van der Waals surface area contributed by atoms with Crippen molar-refractivity contribution in [3.8, 4) is 0 Å². The molecule has 3 aliphatic heterocycles. The third kappa shape index (κ3) is 2.77. The van der Waals surface area contributed by atoms with Gasteiger partial charge in [-0.05, 0) is 30.9 Å². The van der Waals surface area contributed by atoms with Crippen LogP contribution in [0.5, 0.6) is 0 Å². The number of carbonyl (C=O) groups excluding carboxylic acids is 3. The summed E-state index contributed by atoms with van der Waals surface area (Å²) in [6.45, 7) is 3.00. The van der Waals surface area contributed by atoms with Gasteiger partial charge in [0, 0.05) is 51.8 Å². The Morgan fingerprint density at radius 3 is 2.77 bits per heavy atom. The van der Waals surface area contributed by atoms with E-state index in [0.29, 0.717) is 32.6 Å². The molecular weight excluding hydrogens is 330 g/mol. The van der Waals surface area contributed by atoms with Crippen LogP contribution >= 0.6 is 0 Å². The molecule has 6 nitrogen and oxygen atoms in total. The van der Waals surface area contributed by atoms with Crippen LogP contribution in [-0.4, -0.2) is 65.6 Å². The summed E-state index contributed by atoms with van der Waals surface area (Å²) >= 11 is 0. The highest BCUT2D eigenvalue weighted by molar-refractivity contribution is 5.98. The van der Waals surface area contributed by atoms with Crippen LogP contribution < -0.4 is 0 Å². The summed E-state index contributed by atoms with van der Waals surface area (Å²) in [6.07, 6.45) is 2.96. The molecule has 4 rings (SSSR count). The van der Waals surface area contributed by atoms with Crippen molar-refractivity contribution >= 4 is 17.7 Å². The number of benzene rings is 1. The normalized spacial score (nSPS) is 25.3. The number of piperidine rings is 1. The molecule has 26 heavy (non-hydrogen) atoms. The Morgan fingerprint density at radius 2 is 1.96 bits per heavy atom. The predicted molar refractivity (Wildman–Crippen MR) is 96.3 cm³/mol. The van der Waals surface area contributed by atoms with Gasteiger partial charge in [0.1, 0.15) is 0 Å². The molecule has 3 heterocycles. The minimum atomic E-state index is -0.373. The van der Waals surface area contributed by atoms with Gasteiger partial charge < -0.3 is 14.7 Å². The highest BCUT2D eigenvalue weighted by atomic mass is 16.2. The minimum Gasteiger partial charge on any atom is -0.345 e. The van der Waals surface area contributed by atoms with Gasteiger partial charge in [-0.1, -0.05) is 18.2 Å². The van der Waals surface area contributed by atoms with E-state index < -0.39 is 0 Å². The van der Waals surface area contributed by atoms with Gasteiger partial charge in [0.05, 0.1) is 5.41 Å². The maximum Gasteiger partial charge on any atom is 0.254 e. The molecule has 1 unspecified atom stereocenters. The van der Waals surface area contributed by atoms with Crippen molar-refractivity contribution in [3.05, 3.63) is 35.4 Å². The van der Waals surface area contributed by atoms with Crippen LogP contribution in [0, 0.1) is 5.41 Å². The number of likely N-dealkylation sites (tertiary alicyclic amines) is 2. The lowest BCUT2D eigenvalue weighted by Gasteiger charge is -2.37. The van der Waals surface area contributed by atoms with Crippen molar-refractivity contribution in [2.24, 2.45) is 5.41 Å². The van der Waals surface area contributed by atoms with E-state index in [4.69, 9.17) is 0 Å². The Hall–Kier alpha value is -2.37. The lowest BCUT2D eigenvalue weighted by Crippen LogP contribution is -2.48. The average Bonchev–Trinajstić information content (AvgIpc) is 3.21. The summed E-state index contributed by atoms with van der Waals surface area (Å²) in [4.78, 5) is 43.0. The molecule has 2 saturated heterocycles. The number of fused-ring (bicyclic) bond motifs is 1. The molecule has 1 aromatic carbocycles. The van der Waals surface area contributed by atoms with E-state index in [0.717, 1.165) is 36.9 Å². The van der Waals surface area contributed by atoms with Crippen LogP contribution in [0.4, 0.5) is 0 Å². The van der Waals surface area contributed by atoms with E-state index in [2.05, 4.69) is 0 Å². The van der Waals surface area contributed by atoms with Gasteiger partial charge in [0.2, 0.25) is 11.8 Å². The molecular formula is C20H25N3O3. The monoisotopic (exact) mass is 355 g/mol. The fourth-order valence-corrected chi connectivity index (χ4v) is 4.62. The van der Waals surface area contributed by atoms with Gasteiger partial charge in [0.15, 0.2) is 0 Å². The molecule has 6 heteroatoms. The summed E-state index contributed by atoms with van der Waals surface area (Å²) in [5, 5.41) is 0. The summed E-state index contributed by atoms with van der Waals surface area (Å²) < 4.78 is 0. The maximum absolute atomic E-state index is 12.7. The van der Waals surface area contributed by atoms with Gasteiger partial charge in [-0.15, -0.1) is 0 Å². The lowest BCUT2D eigenvalue weighted by atomic mass is 9.78. The summed E-state index contributed by atoms with van der Waals surface area (Å²) in [5.74, 6) is 0.242. The minimum absolute atomic E-state index is 0.00961. The van der Waals surface area contributed by atoms with Crippen LogP contribution in [-0.2, 0) is 16.1 Å². The zero-order chi connectivity index (χ0) is 18.3. The molecule has 1 spiro atoms.